The molecular weight excluding hydrogens is 262 g/mol. The molecule has 0 unspecified atom stereocenters. The number of benzene rings is 1. The van der Waals surface area contributed by atoms with E-state index in [1.54, 1.807) is 26.2 Å². The summed E-state index contributed by atoms with van der Waals surface area (Å²) in [5.74, 6) is 0.0717. The van der Waals surface area contributed by atoms with Crippen LogP contribution in [0.3, 0.4) is 0 Å². The van der Waals surface area contributed by atoms with Crippen molar-refractivity contribution in [3.05, 3.63) is 23.8 Å². The Kier molecular flexibility index (Phi) is 5.37. The fourth-order valence-electron chi connectivity index (χ4n) is 1.61. The van der Waals surface area contributed by atoms with Crippen molar-refractivity contribution in [3.8, 4) is 11.5 Å². The molecule has 0 saturated carbocycles. The van der Waals surface area contributed by atoms with Gasteiger partial charge in [-0.3, -0.25) is 4.79 Å². The lowest BCUT2D eigenvalue weighted by Gasteiger charge is -2.17. The summed E-state index contributed by atoms with van der Waals surface area (Å²) >= 11 is 0. The molecule has 0 N–H and O–H groups in total. The zero-order chi connectivity index (χ0) is 15.3. The summed E-state index contributed by atoms with van der Waals surface area (Å²) in [7, 11) is 6.19. The number of ether oxygens (including phenoxy) is 3. The van der Waals surface area contributed by atoms with E-state index in [0.29, 0.717) is 17.1 Å². The molecule has 0 aliphatic heterocycles. The van der Waals surface area contributed by atoms with E-state index in [2.05, 4.69) is 0 Å². The van der Waals surface area contributed by atoms with E-state index in [-0.39, 0.29) is 5.91 Å². The molecule has 0 heterocycles. The van der Waals surface area contributed by atoms with E-state index in [4.69, 9.17) is 14.2 Å². The van der Waals surface area contributed by atoms with E-state index < -0.39 is 12.1 Å². The third-order valence-electron chi connectivity index (χ3n) is 2.69. The Morgan fingerprint density at radius 3 is 2.20 bits per heavy atom. The summed E-state index contributed by atoms with van der Waals surface area (Å²) in [4.78, 5) is 25.0. The normalized spacial score (nSPS) is 11.4. The van der Waals surface area contributed by atoms with E-state index in [9.17, 15) is 9.59 Å². The standard InChI is InChI=1S/C14H19NO5/c1-9(13(16)15(2)3)20-14(17)10-6-7-11(18-4)12(8-10)19-5/h6-9H,1-5H3/t9-/m1/s1. The van der Waals surface area contributed by atoms with Crippen molar-refractivity contribution in [1.82, 2.24) is 4.90 Å². The fraction of sp³-hybridized carbons (Fsp3) is 0.429. The second-order valence-electron chi connectivity index (χ2n) is 4.35. The van der Waals surface area contributed by atoms with Crippen LogP contribution in [0.5, 0.6) is 11.5 Å². The zero-order valence-electron chi connectivity index (χ0n) is 12.3. The number of rotatable bonds is 5. The Hall–Kier alpha value is -2.24. The molecule has 1 amide bonds. The number of nitrogens with zero attached hydrogens (tertiary/aromatic N) is 1. The van der Waals surface area contributed by atoms with Gasteiger partial charge in [0.05, 0.1) is 19.8 Å². The summed E-state index contributed by atoms with van der Waals surface area (Å²) in [5.41, 5.74) is 0.293. The predicted molar refractivity (Wildman–Crippen MR) is 73.1 cm³/mol. The highest BCUT2D eigenvalue weighted by atomic mass is 16.5. The molecule has 0 bridgehead atoms. The van der Waals surface area contributed by atoms with Gasteiger partial charge in [0.2, 0.25) is 0 Å². The summed E-state index contributed by atoms with van der Waals surface area (Å²) in [6.45, 7) is 1.53. The van der Waals surface area contributed by atoms with Gasteiger partial charge in [0.15, 0.2) is 17.6 Å². The summed E-state index contributed by atoms with van der Waals surface area (Å²) in [6, 6.07) is 4.67. The van der Waals surface area contributed by atoms with Gasteiger partial charge in [-0.05, 0) is 25.1 Å². The van der Waals surface area contributed by atoms with Crippen molar-refractivity contribution in [2.75, 3.05) is 28.3 Å². The molecule has 1 aromatic rings. The van der Waals surface area contributed by atoms with Crippen LogP contribution in [0.2, 0.25) is 0 Å². The van der Waals surface area contributed by atoms with E-state index in [0.717, 1.165) is 0 Å². The molecule has 0 spiro atoms. The van der Waals surface area contributed by atoms with Gasteiger partial charge in [0, 0.05) is 14.1 Å². The van der Waals surface area contributed by atoms with Crippen molar-refractivity contribution >= 4 is 11.9 Å². The van der Waals surface area contributed by atoms with Crippen LogP contribution in [0.25, 0.3) is 0 Å². The first-order valence-corrected chi connectivity index (χ1v) is 6.04. The minimum Gasteiger partial charge on any atom is -0.493 e. The Morgan fingerprint density at radius 1 is 1.10 bits per heavy atom. The molecule has 6 nitrogen and oxygen atoms in total. The van der Waals surface area contributed by atoms with Crippen LogP contribution in [-0.4, -0.2) is 51.2 Å². The maximum Gasteiger partial charge on any atom is 0.339 e. The SMILES string of the molecule is COc1ccc(C(=O)O[C@H](C)C(=O)N(C)C)cc1OC. The average Bonchev–Trinajstić information content (AvgIpc) is 2.45. The number of hydrogen-bond acceptors (Lipinski definition) is 5. The van der Waals surface area contributed by atoms with Crippen molar-refractivity contribution in [2.45, 2.75) is 13.0 Å². The number of carbonyl (C=O) groups excluding carboxylic acids is 2. The molecule has 0 aromatic heterocycles. The topological polar surface area (TPSA) is 65.1 Å². The average molecular weight is 281 g/mol. The molecule has 1 atom stereocenters. The van der Waals surface area contributed by atoms with Gasteiger partial charge in [-0.25, -0.2) is 4.79 Å². The van der Waals surface area contributed by atoms with Gasteiger partial charge in [0.25, 0.3) is 5.91 Å². The van der Waals surface area contributed by atoms with Gasteiger partial charge in [-0.15, -0.1) is 0 Å². The van der Waals surface area contributed by atoms with Gasteiger partial charge in [-0.1, -0.05) is 0 Å². The predicted octanol–water partition coefficient (Wildman–Crippen LogP) is 1.34. The second-order valence-corrected chi connectivity index (χ2v) is 4.35. The zero-order valence-corrected chi connectivity index (χ0v) is 12.3. The Balaban J connectivity index is 2.85. The summed E-state index contributed by atoms with van der Waals surface area (Å²) < 4.78 is 15.3. The number of likely N-dealkylation sites (N-methyl/N-ethyl adjacent to an activating group) is 1. The van der Waals surface area contributed by atoms with Gasteiger partial charge in [0.1, 0.15) is 0 Å². The first-order chi connectivity index (χ1) is 9.40. The molecule has 0 saturated heterocycles. The smallest absolute Gasteiger partial charge is 0.339 e. The highest BCUT2D eigenvalue weighted by Crippen LogP contribution is 2.27. The molecule has 1 aromatic carbocycles. The summed E-state index contributed by atoms with van der Waals surface area (Å²) in [5, 5.41) is 0. The lowest BCUT2D eigenvalue weighted by Crippen LogP contribution is -2.34. The van der Waals surface area contributed by atoms with E-state index >= 15 is 0 Å². The Bertz CT molecular complexity index is 498. The molecule has 0 aliphatic rings. The van der Waals surface area contributed by atoms with E-state index in [1.807, 2.05) is 0 Å². The molecule has 0 aliphatic carbocycles. The van der Waals surface area contributed by atoms with Gasteiger partial charge in [-0.2, -0.15) is 0 Å². The lowest BCUT2D eigenvalue weighted by molar-refractivity contribution is -0.137. The van der Waals surface area contributed by atoms with Crippen LogP contribution in [-0.2, 0) is 9.53 Å². The van der Waals surface area contributed by atoms with Crippen LogP contribution < -0.4 is 9.47 Å². The molecule has 0 fully saturated rings. The van der Waals surface area contributed by atoms with E-state index in [1.165, 1.54) is 32.1 Å². The van der Waals surface area contributed by atoms with Crippen molar-refractivity contribution in [1.29, 1.82) is 0 Å². The second kappa shape index (κ2) is 6.79. The number of amides is 1. The highest BCUT2D eigenvalue weighted by Gasteiger charge is 2.21. The van der Waals surface area contributed by atoms with Crippen molar-refractivity contribution in [3.63, 3.8) is 0 Å². The third-order valence-corrected chi connectivity index (χ3v) is 2.69. The largest absolute Gasteiger partial charge is 0.493 e. The van der Waals surface area contributed by atoms with Crippen LogP contribution >= 0.6 is 0 Å². The quantitative estimate of drug-likeness (QED) is 0.762. The maximum atomic E-state index is 12.0. The highest BCUT2D eigenvalue weighted by molar-refractivity contribution is 5.92. The van der Waals surface area contributed by atoms with Crippen molar-refractivity contribution in [2.24, 2.45) is 0 Å². The number of methoxy groups -OCH3 is 2. The molecule has 0 radical (unpaired) electrons. The van der Waals surface area contributed by atoms with Crippen LogP contribution in [0, 0.1) is 0 Å². The molecule has 20 heavy (non-hydrogen) atoms. The minimum absolute atomic E-state index is 0.279. The Morgan fingerprint density at radius 2 is 1.70 bits per heavy atom. The minimum atomic E-state index is -0.842. The Labute approximate surface area is 118 Å². The van der Waals surface area contributed by atoms with Gasteiger partial charge >= 0.3 is 5.97 Å². The van der Waals surface area contributed by atoms with Gasteiger partial charge < -0.3 is 19.1 Å². The molecule has 110 valence electrons. The number of esters is 1. The third kappa shape index (κ3) is 3.63. The van der Waals surface area contributed by atoms with Crippen LogP contribution in [0.15, 0.2) is 18.2 Å². The van der Waals surface area contributed by atoms with Crippen molar-refractivity contribution < 1.29 is 23.8 Å². The first-order valence-electron chi connectivity index (χ1n) is 6.04. The summed E-state index contributed by atoms with van der Waals surface area (Å²) in [6.07, 6.45) is -0.842. The molecule has 1 rings (SSSR count). The first kappa shape index (κ1) is 15.8. The fourth-order valence-corrected chi connectivity index (χ4v) is 1.61. The lowest BCUT2D eigenvalue weighted by atomic mass is 10.2. The number of hydrogen-bond donors (Lipinski definition) is 0. The van der Waals surface area contributed by atoms with Crippen LogP contribution in [0.1, 0.15) is 17.3 Å². The molecular formula is C14H19NO5. The van der Waals surface area contributed by atoms with Crippen LogP contribution in [0.4, 0.5) is 0 Å². The number of carbonyl (C=O) groups is 2. The maximum absolute atomic E-state index is 12.0. The monoisotopic (exact) mass is 281 g/mol. The molecule has 6 heteroatoms.